The molecule has 2 atom stereocenters. The predicted octanol–water partition coefficient (Wildman–Crippen LogP) is 24.0. The molecule has 2 unspecified atom stereocenters. The molecule has 0 aromatic carbocycles. The highest BCUT2D eigenvalue weighted by molar-refractivity contribution is 5.76. The van der Waals surface area contributed by atoms with Crippen molar-refractivity contribution in [1.82, 2.24) is 5.32 Å². The van der Waals surface area contributed by atoms with Gasteiger partial charge in [-0.25, -0.2) is 0 Å². The monoisotopic (exact) mass is 1150 g/mol. The Labute approximate surface area is 512 Å². The summed E-state index contributed by atoms with van der Waals surface area (Å²) >= 11 is 0. The van der Waals surface area contributed by atoms with E-state index < -0.39 is 12.1 Å². The van der Waals surface area contributed by atoms with Crippen molar-refractivity contribution in [3.05, 3.63) is 48.6 Å². The Morgan fingerprint density at radius 2 is 0.622 bits per heavy atom. The smallest absolute Gasteiger partial charge is 0.305 e. The Bertz CT molecular complexity index is 1370. The number of allylic oxidation sites excluding steroid dienone is 7. The van der Waals surface area contributed by atoms with Gasteiger partial charge in [0.2, 0.25) is 5.91 Å². The van der Waals surface area contributed by atoms with E-state index in [1.54, 1.807) is 6.08 Å². The van der Waals surface area contributed by atoms with Crippen molar-refractivity contribution in [2.45, 2.75) is 411 Å². The first kappa shape index (κ1) is 79.8. The van der Waals surface area contributed by atoms with E-state index in [0.29, 0.717) is 19.4 Å². The van der Waals surface area contributed by atoms with Crippen LogP contribution in [0.4, 0.5) is 0 Å². The minimum Gasteiger partial charge on any atom is -0.466 e. The Morgan fingerprint density at radius 1 is 0.341 bits per heavy atom. The zero-order chi connectivity index (χ0) is 59.2. The second kappa shape index (κ2) is 71.3. The van der Waals surface area contributed by atoms with E-state index in [1.165, 1.54) is 321 Å². The third kappa shape index (κ3) is 67.0. The van der Waals surface area contributed by atoms with Crippen LogP contribution < -0.4 is 5.32 Å². The fourth-order valence-corrected chi connectivity index (χ4v) is 11.4. The predicted molar refractivity (Wildman–Crippen MR) is 361 cm³/mol. The summed E-state index contributed by atoms with van der Waals surface area (Å²) < 4.78 is 5.49. The molecule has 0 saturated carbocycles. The first-order valence-corrected chi connectivity index (χ1v) is 36.9. The summed E-state index contributed by atoms with van der Waals surface area (Å²) in [6, 6.07) is -0.624. The topological polar surface area (TPSA) is 95.9 Å². The first-order valence-electron chi connectivity index (χ1n) is 36.9. The highest BCUT2D eigenvalue weighted by Gasteiger charge is 2.18. The summed E-state index contributed by atoms with van der Waals surface area (Å²) in [6.07, 6.45) is 93.7. The van der Waals surface area contributed by atoms with Crippen LogP contribution in [0.1, 0.15) is 399 Å². The maximum atomic E-state index is 12.5. The minimum atomic E-state index is -0.840. The first-order chi connectivity index (χ1) is 40.5. The van der Waals surface area contributed by atoms with E-state index in [9.17, 15) is 19.8 Å². The molecular weight excluding hydrogens is 1010 g/mol. The average molecular weight is 1150 g/mol. The van der Waals surface area contributed by atoms with Crippen molar-refractivity contribution < 1.29 is 24.5 Å². The fourth-order valence-electron chi connectivity index (χ4n) is 11.4. The lowest BCUT2D eigenvalue weighted by Gasteiger charge is -2.20. The van der Waals surface area contributed by atoms with Crippen molar-refractivity contribution in [2.75, 3.05) is 13.2 Å². The van der Waals surface area contributed by atoms with Crippen LogP contribution in [0.2, 0.25) is 0 Å². The maximum absolute atomic E-state index is 12.5. The van der Waals surface area contributed by atoms with Crippen molar-refractivity contribution in [3.63, 3.8) is 0 Å². The van der Waals surface area contributed by atoms with Gasteiger partial charge in [-0.15, -0.1) is 0 Å². The molecule has 0 saturated heterocycles. The lowest BCUT2D eigenvalue weighted by atomic mass is 10.0. The SMILES string of the molecule is CCCC/C=C\C/C=C\CCCCCCCC(=O)OCCCCCCCCCCCCCCCCCCCC/C=C\CCCCCCCCCCCCCCCCCCCC(=O)NC(CO)C(O)/C=C/CCCCCCCCCCCC. The van der Waals surface area contributed by atoms with Crippen LogP contribution in [0.25, 0.3) is 0 Å². The number of hydrogen-bond donors (Lipinski definition) is 3. The third-order valence-electron chi connectivity index (χ3n) is 17.1. The van der Waals surface area contributed by atoms with Crippen molar-refractivity contribution in [1.29, 1.82) is 0 Å². The molecule has 0 radical (unpaired) electrons. The van der Waals surface area contributed by atoms with Crippen LogP contribution in [0.15, 0.2) is 48.6 Å². The van der Waals surface area contributed by atoms with Gasteiger partial charge < -0.3 is 20.3 Å². The number of unbranched alkanes of at least 4 members (excludes halogenated alkanes) is 52. The van der Waals surface area contributed by atoms with Gasteiger partial charge in [-0.2, -0.15) is 0 Å². The lowest BCUT2D eigenvalue weighted by Crippen LogP contribution is -2.45. The van der Waals surface area contributed by atoms with Crippen molar-refractivity contribution in [3.8, 4) is 0 Å². The number of aliphatic hydroxyl groups is 2. The lowest BCUT2D eigenvalue weighted by molar-refractivity contribution is -0.143. The largest absolute Gasteiger partial charge is 0.466 e. The fraction of sp³-hybridized carbons (Fsp3) is 0.868. The Morgan fingerprint density at radius 3 is 0.976 bits per heavy atom. The molecule has 0 aromatic rings. The molecule has 0 heterocycles. The number of ether oxygens (including phenoxy) is 1. The van der Waals surface area contributed by atoms with E-state index >= 15 is 0 Å². The Balaban J connectivity index is 3.32. The van der Waals surface area contributed by atoms with Crippen LogP contribution >= 0.6 is 0 Å². The molecule has 0 aliphatic heterocycles. The molecule has 482 valence electrons. The molecule has 0 aliphatic rings. The normalized spacial score (nSPS) is 12.8. The van der Waals surface area contributed by atoms with E-state index in [-0.39, 0.29) is 18.5 Å². The number of aliphatic hydroxyl groups excluding tert-OH is 2. The summed E-state index contributed by atoms with van der Waals surface area (Å²) in [5.74, 6) is -0.0554. The van der Waals surface area contributed by atoms with Crippen LogP contribution in [-0.4, -0.2) is 47.4 Å². The molecule has 6 nitrogen and oxygen atoms in total. The molecule has 0 aliphatic carbocycles. The average Bonchev–Trinajstić information content (AvgIpc) is 3.48. The molecule has 6 heteroatoms. The second-order valence-electron chi connectivity index (χ2n) is 25.3. The summed E-state index contributed by atoms with van der Waals surface area (Å²) in [5.41, 5.74) is 0. The molecule has 1 amide bonds. The molecule has 0 rings (SSSR count). The number of nitrogens with one attached hydrogen (secondary N) is 1. The summed E-state index contributed by atoms with van der Waals surface area (Å²) in [7, 11) is 0. The van der Waals surface area contributed by atoms with Crippen molar-refractivity contribution in [2.24, 2.45) is 0 Å². The number of esters is 1. The zero-order valence-electron chi connectivity index (χ0n) is 55.2. The zero-order valence-corrected chi connectivity index (χ0v) is 55.2. The molecule has 0 aromatic heterocycles. The van der Waals surface area contributed by atoms with Crippen LogP contribution in [0.5, 0.6) is 0 Å². The third-order valence-corrected chi connectivity index (χ3v) is 17.1. The summed E-state index contributed by atoms with van der Waals surface area (Å²) in [4.78, 5) is 24.5. The molecule has 3 N–H and O–H groups in total. The standard InChI is InChI=1S/C76H143NO5/c1-3-5-7-9-11-13-15-17-46-50-54-58-62-66-70-76(81)82-71-67-63-59-55-51-47-44-42-40-38-36-34-32-30-28-26-24-22-20-18-19-21-23-25-27-29-31-33-35-37-39-41-43-45-49-53-57-61-65-69-75(80)77-73(72-78)74(79)68-64-60-56-52-48-16-14-12-10-8-6-4-2/h9,11,15,17-19,64,68,73-74,78-79H,3-8,10,12-14,16,20-63,65-67,69-72H2,1-2H3,(H,77,80)/b11-9-,17-15-,19-18-,68-64+. The number of amides is 1. The minimum absolute atomic E-state index is 0.00763. The Hall–Kier alpha value is -2.18. The van der Waals surface area contributed by atoms with Gasteiger partial charge in [0.05, 0.1) is 25.4 Å². The van der Waals surface area contributed by atoms with Gasteiger partial charge in [0, 0.05) is 12.8 Å². The van der Waals surface area contributed by atoms with Gasteiger partial charge in [-0.1, -0.05) is 351 Å². The Kier molecular flexibility index (Phi) is 69.4. The summed E-state index contributed by atoms with van der Waals surface area (Å²) in [6.45, 7) is 4.87. The van der Waals surface area contributed by atoms with Crippen LogP contribution in [-0.2, 0) is 14.3 Å². The van der Waals surface area contributed by atoms with Gasteiger partial charge in [0.25, 0.3) is 0 Å². The number of hydrogen-bond acceptors (Lipinski definition) is 5. The second-order valence-corrected chi connectivity index (χ2v) is 25.3. The van der Waals surface area contributed by atoms with Gasteiger partial charge in [-0.3, -0.25) is 9.59 Å². The highest BCUT2D eigenvalue weighted by Crippen LogP contribution is 2.19. The van der Waals surface area contributed by atoms with Gasteiger partial charge in [0.15, 0.2) is 0 Å². The summed E-state index contributed by atoms with van der Waals surface area (Å²) in [5, 5.41) is 23.1. The van der Waals surface area contributed by atoms with Gasteiger partial charge >= 0.3 is 5.97 Å². The number of carbonyl (C=O) groups excluding carboxylic acids is 2. The number of rotatable bonds is 69. The molecule has 0 bridgehead atoms. The van der Waals surface area contributed by atoms with Gasteiger partial charge in [0.1, 0.15) is 0 Å². The van der Waals surface area contributed by atoms with E-state index in [1.807, 2.05) is 6.08 Å². The van der Waals surface area contributed by atoms with E-state index in [4.69, 9.17) is 4.74 Å². The molecular formula is C76H143NO5. The van der Waals surface area contributed by atoms with E-state index in [2.05, 4.69) is 55.6 Å². The quantitative estimate of drug-likeness (QED) is 0.0320. The van der Waals surface area contributed by atoms with Crippen molar-refractivity contribution >= 4 is 11.9 Å². The number of carbonyl (C=O) groups is 2. The molecule has 0 fully saturated rings. The highest BCUT2D eigenvalue weighted by atomic mass is 16.5. The van der Waals surface area contributed by atoms with Gasteiger partial charge in [-0.05, 0) is 83.5 Å². The van der Waals surface area contributed by atoms with E-state index in [0.717, 1.165) is 51.4 Å². The van der Waals surface area contributed by atoms with Crippen LogP contribution in [0, 0.1) is 0 Å². The maximum Gasteiger partial charge on any atom is 0.305 e. The molecule has 0 spiro atoms. The van der Waals surface area contributed by atoms with Crippen LogP contribution in [0.3, 0.4) is 0 Å². The molecule has 82 heavy (non-hydrogen) atoms.